The van der Waals surface area contributed by atoms with Gasteiger partial charge in [-0.2, -0.15) is 0 Å². The summed E-state index contributed by atoms with van der Waals surface area (Å²) in [5.74, 6) is 0.706. The highest BCUT2D eigenvalue weighted by Gasteiger charge is 2.37. The fourth-order valence-electron chi connectivity index (χ4n) is 3.81. The number of carbonyl (C=O) groups is 1. The minimum Gasteiger partial charge on any atom is -0.491 e. The Kier molecular flexibility index (Phi) is 6.79. The third kappa shape index (κ3) is 5.02. The van der Waals surface area contributed by atoms with Crippen molar-refractivity contribution in [1.29, 1.82) is 0 Å². The molecule has 3 aromatic carbocycles. The van der Waals surface area contributed by atoms with E-state index in [1.807, 2.05) is 39.0 Å². The van der Waals surface area contributed by atoms with Gasteiger partial charge in [0.25, 0.3) is 15.9 Å². The lowest BCUT2D eigenvalue weighted by molar-refractivity contribution is -0.127. The molecule has 1 N–H and O–H groups in total. The van der Waals surface area contributed by atoms with Crippen molar-refractivity contribution < 1.29 is 22.7 Å². The molecular weight excluding hydrogens is 452 g/mol. The van der Waals surface area contributed by atoms with Gasteiger partial charge in [0.15, 0.2) is 6.10 Å². The van der Waals surface area contributed by atoms with Gasteiger partial charge >= 0.3 is 0 Å². The van der Waals surface area contributed by atoms with Gasteiger partial charge in [-0.3, -0.25) is 9.10 Å². The van der Waals surface area contributed by atoms with Crippen LogP contribution in [0.1, 0.15) is 16.7 Å². The number of nitrogens with zero attached hydrogens (tertiary/aromatic N) is 1. The molecule has 7 nitrogen and oxygen atoms in total. The summed E-state index contributed by atoms with van der Waals surface area (Å²) < 4.78 is 39.7. The number of amides is 1. The molecule has 0 aromatic heterocycles. The molecular formula is C26H28N2O5S. The number of hydrogen-bond acceptors (Lipinski definition) is 5. The lowest BCUT2D eigenvalue weighted by Crippen LogP contribution is -2.51. The Labute approximate surface area is 200 Å². The van der Waals surface area contributed by atoms with Gasteiger partial charge in [-0.1, -0.05) is 47.5 Å². The van der Waals surface area contributed by atoms with Crippen LogP contribution in [0, 0.1) is 20.8 Å². The number of carbonyl (C=O) groups excluding carboxylic acids is 1. The Morgan fingerprint density at radius 1 is 1.03 bits per heavy atom. The zero-order chi connectivity index (χ0) is 24.3. The van der Waals surface area contributed by atoms with Crippen LogP contribution in [0.5, 0.6) is 11.5 Å². The maximum atomic E-state index is 13.4. The number of rotatable bonds is 7. The van der Waals surface area contributed by atoms with Gasteiger partial charge in [-0.15, -0.1) is 0 Å². The average Bonchev–Trinajstić information content (AvgIpc) is 2.82. The fourth-order valence-corrected chi connectivity index (χ4v) is 5.29. The predicted molar refractivity (Wildman–Crippen MR) is 131 cm³/mol. The minimum atomic E-state index is -3.88. The standard InChI is InChI=1S/C26H28N2O5S/c1-18-8-11-21(12-9-18)34(30,31)28-17-25(33-24-7-5-4-6-22(24)28)26(29)27-14-15-32-23-13-10-19(2)16-20(23)3/h4-13,16,25H,14-15,17H2,1-3H3,(H,27,29). The largest absolute Gasteiger partial charge is 0.491 e. The van der Waals surface area contributed by atoms with Crippen LogP contribution < -0.4 is 19.1 Å². The number of ether oxygens (including phenoxy) is 2. The van der Waals surface area contributed by atoms with E-state index >= 15 is 0 Å². The first-order valence-electron chi connectivity index (χ1n) is 11.1. The van der Waals surface area contributed by atoms with Crippen LogP contribution >= 0.6 is 0 Å². The molecule has 1 heterocycles. The van der Waals surface area contributed by atoms with Gasteiger partial charge in [-0.05, 0) is 56.7 Å². The first-order chi connectivity index (χ1) is 16.3. The molecule has 0 aliphatic carbocycles. The van der Waals surface area contributed by atoms with Crippen molar-refractivity contribution in [3.05, 3.63) is 83.4 Å². The lowest BCUT2D eigenvalue weighted by Gasteiger charge is -2.34. The van der Waals surface area contributed by atoms with Crippen LogP contribution in [0.4, 0.5) is 5.69 Å². The average molecular weight is 481 g/mol. The van der Waals surface area contributed by atoms with E-state index in [2.05, 4.69) is 5.32 Å². The molecule has 178 valence electrons. The van der Waals surface area contributed by atoms with Crippen LogP contribution in [0.2, 0.25) is 0 Å². The van der Waals surface area contributed by atoms with E-state index in [4.69, 9.17) is 9.47 Å². The van der Waals surface area contributed by atoms with Crippen molar-refractivity contribution >= 4 is 21.6 Å². The van der Waals surface area contributed by atoms with Gasteiger partial charge in [0.2, 0.25) is 0 Å². The zero-order valence-corrected chi connectivity index (χ0v) is 20.3. The molecule has 0 bridgehead atoms. The summed E-state index contributed by atoms with van der Waals surface area (Å²) in [6, 6.07) is 19.4. The highest BCUT2D eigenvalue weighted by Crippen LogP contribution is 2.36. The number of nitrogens with one attached hydrogen (secondary N) is 1. The molecule has 1 aliphatic rings. The predicted octanol–water partition coefficient (Wildman–Crippen LogP) is 3.76. The number of benzene rings is 3. The Hall–Kier alpha value is -3.52. The van der Waals surface area contributed by atoms with Crippen LogP contribution in [0.15, 0.2) is 71.6 Å². The lowest BCUT2D eigenvalue weighted by atomic mass is 10.1. The molecule has 0 saturated carbocycles. The molecule has 4 rings (SSSR count). The van der Waals surface area contributed by atoms with Crippen molar-refractivity contribution in [2.75, 3.05) is 24.0 Å². The summed E-state index contributed by atoms with van der Waals surface area (Å²) in [5, 5.41) is 2.79. The second kappa shape index (κ2) is 9.77. The van der Waals surface area contributed by atoms with Crippen molar-refractivity contribution in [3.8, 4) is 11.5 Å². The summed E-state index contributed by atoms with van der Waals surface area (Å²) >= 11 is 0. The summed E-state index contributed by atoms with van der Waals surface area (Å²) in [7, 11) is -3.88. The summed E-state index contributed by atoms with van der Waals surface area (Å²) in [6.07, 6.45) is -0.990. The van der Waals surface area contributed by atoms with Crippen molar-refractivity contribution in [2.24, 2.45) is 0 Å². The number of hydrogen-bond donors (Lipinski definition) is 1. The third-order valence-corrected chi connectivity index (χ3v) is 7.42. The monoisotopic (exact) mass is 480 g/mol. The molecule has 1 unspecified atom stereocenters. The molecule has 34 heavy (non-hydrogen) atoms. The number of para-hydroxylation sites is 2. The van der Waals surface area contributed by atoms with E-state index < -0.39 is 22.0 Å². The van der Waals surface area contributed by atoms with E-state index in [1.54, 1.807) is 48.5 Å². The molecule has 0 spiro atoms. The van der Waals surface area contributed by atoms with Gasteiger partial charge in [0.05, 0.1) is 23.7 Å². The SMILES string of the molecule is Cc1ccc(S(=O)(=O)N2CC(C(=O)NCCOc3ccc(C)cc3C)Oc3ccccc32)cc1. The first kappa shape index (κ1) is 23.6. The van der Waals surface area contributed by atoms with E-state index in [9.17, 15) is 13.2 Å². The number of sulfonamides is 1. The second-order valence-corrected chi connectivity index (χ2v) is 10.2. The highest BCUT2D eigenvalue weighted by atomic mass is 32.2. The number of fused-ring (bicyclic) bond motifs is 1. The summed E-state index contributed by atoms with van der Waals surface area (Å²) in [4.78, 5) is 13.0. The molecule has 0 radical (unpaired) electrons. The Morgan fingerprint density at radius 3 is 2.47 bits per heavy atom. The van der Waals surface area contributed by atoms with Crippen molar-refractivity contribution in [1.82, 2.24) is 5.32 Å². The molecule has 1 amide bonds. The molecule has 1 atom stereocenters. The summed E-state index contributed by atoms with van der Waals surface area (Å²) in [6.45, 7) is 6.29. The number of aryl methyl sites for hydroxylation is 3. The topological polar surface area (TPSA) is 84.9 Å². The van der Waals surface area contributed by atoms with Crippen LogP contribution in [-0.2, 0) is 14.8 Å². The van der Waals surface area contributed by atoms with E-state index in [0.717, 1.165) is 22.4 Å². The third-order valence-electron chi connectivity index (χ3n) is 5.63. The Bertz CT molecular complexity index is 1290. The smallest absolute Gasteiger partial charge is 0.264 e. The van der Waals surface area contributed by atoms with Gasteiger partial charge < -0.3 is 14.8 Å². The molecule has 0 fully saturated rings. The fraction of sp³-hybridized carbons (Fsp3) is 0.269. The minimum absolute atomic E-state index is 0.128. The van der Waals surface area contributed by atoms with E-state index in [0.29, 0.717) is 11.4 Å². The molecule has 0 saturated heterocycles. The molecule has 8 heteroatoms. The quantitative estimate of drug-likeness (QED) is 0.521. The molecule has 3 aromatic rings. The van der Waals surface area contributed by atoms with Gasteiger partial charge in [-0.25, -0.2) is 8.42 Å². The summed E-state index contributed by atoms with van der Waals surface area (Å²) in [5.41, 5.74) is 3.54. The number of anilines is 1. The van der Waals surface area contributed by atoms with Crippen molar-refractivity contribution in [3.63, 3.8) is 0 Å². The maximum Gasteiger partial charge on any atom is 0.264 e. The Balaban J connectivity index is 1.45. The van der Waals surface area contributed by atoms with Crippen LogP contribution in [-0.4, -0.2) is 40.1 Å². The van der Waals surface area contributed by atoms with Crippen LogP contribution in [0.25, 0.3) is 0 Å². The second-order valence-electron chi connectivity index (χ2n) is 8.33. The van der Waals surface area contributed by atoms with Crippen molar-refractivity contribution in [2.45, 2.75) is 31.8 Å². The zero-order valence-electron chi connectivity index (χ0n) is 19.4. The van der Waals surface area contributed by atoms with E-state index in [1.165, 1.54) is 4.31 Å². The normalized spacial score (nSPS) is 15.3. The van der Waals surface area contributed by atoms with Crippen LogP contribution in [0.3, 0.4) is 0 Å². The first-order valence-corrected chi connectivity index (χ1v) is 12.5. The van der Waals surface area contributed by atoms with Gasteiger partial charge in [0, 0.05) is 0 Å². The highest BCUT2D eigenvalue weighted by molar-refractivity contribution is 7.92. The van der Waals surface area contributed by atoms with E-state index in [-0.39, 0.29) is 24.6 Å². The maximum absolute atomic E-state index is 13.4. The Morgan fingerprint density at radius 2 is 1.74 bits per heavy atom. The van der Waals surface area contributed by atoms with Gasteiger partial charge in [0.1, 0.15) is 18.1 Å². The molecule has 1 aliphatic heterocycles.